The fourth-order valence-corrected chi connectivity index (χ4v) is 3.90. The molecule has 4 atom stereocenters. The maximum Gasteiger partial charge on any atom is 0.217 e. The largest absolute Gasteiger partial charge is 0.364 e. The van der Waals surface area contributed by atoms with E-state index < -0.39 is 23.3 Å². The van der Waals surface area contributed by atoms with Gasteiger partial charge < -0.3 is 19.6 Å². The molecule has 6 heteroatoms. The van der Waals surface area contributed by atoms with Crippen LogP contribution < -0.4 is 5.32 Å². The molecular formula is C21H30N2O4. The summed E-state index contributed by atoms with van der Waals surface area (Å²) in [5, 5.41) is 3.00. The molecule has 2 saturated heterocycles. The molecule has 0 bridgehead atoms. The maximum atomic E-state index is 12.1. The minimum Gasteiger partial charge on any atom is -0.364 e. The summed E-state index contributed by atoms with van der Waals surface area (Å²) in [6.07, 6.45) is 0.126. The predicted molar refractivity (Wildman–Crippen MR) is 102 cm³/mol. The minimum absolute atomic E-state index is 0.116. The number of rotatable bonds is 4. The Hall–Kier alpha value is -1.76. The summed E-state index contributed by atoms with van der Waals surface area (Å²) < 4.78 is 12.8. The highest BCUT2D eigenvalue weighted by Gasteiger charge is 2.56. The van der Waals surface area contributed by atoms with Crippen molar-refractivity contribution < 1.29 is 19.1 Å². The van der Waals surface area contributed by atoms with Crippen molar-refractivity contribution in [1.29, 1.82) is 0 Å². The Labute approximate surface area is 161 Å². The zero-order valence-electron chi connectivity index (χ0n) is 16.8. The number of piperidine rings is 1. The normalized spacial score (nSPS) is 32.3. The molecular weight excluding hydrogens is 344 g/mol. The van der Waals surface area contributed by atoms with E-state index in [1.54, 1.807) is 0 Å². The van der Waals surface area contributed by atoms with Crippen LogP contribution in [0.1, 0.15) is 40.2 Å². The smallest absolute Gasteiger partial charge is 0.217 e. The van der Waals surface area contributed by atoms with E-state index in [2.05, 4.69) is 10.2 Å². The van der Waals surface area contributed by atoms with E-state index in [4.69, 9.17) is 9.47 Å². The van der Waals surface area contributed by atoms with Gasteiger partial charge in [0.15, 0.2) is 0 Å². The topological polar surface area (TPSA) is 67.9 Å². The van der Waals surface area contributed by atoms with Gasteiger partial charge in [-0.2, -0.15) is 0 Å². The molecule has 1 aromatic carbocycles. The summed E-state index contributed by atoms with van der Waals surface area (Å²) in [5.74, 6) is -0.116. The van der Waals surface area contributed by atoms with Gasteiger partial charge in [0.2, 0.25) is 5.91 Å². The molecule has 0 spiro atoms. The van der Waals surface area contributed by atoms with Gasteiger partial charge in [-0.3, -0.25) is 9.69 Å². The summed E-state index contributed by atoms with van der Waals surface area (Å²) in [6, 6.07) is 9.32. The van der Waals surface area contributed by atoms with Crippen LogP contribution in [0.4, 0.5) is 0 Å². The van der Waals surface area contributed by atoms with Gasteiger partial charge in [-0.1, -0.05) is 30.3 Å². The Morgan fingerprint density at radius 3 is 2.30 bits per heavy atom. The molecule has 0 aliphatic carbocycles. The van der Waals surface area contributed by atoms with Crippen LogP contribution in [0.2, 0.25) is 0 Å². The van der Waals surface area contributed by atoms with Gasteiger partial charge >= 0.3 is 0 Å². The van der Waals surface area contributed by atoms with E-state index >= 15 is 0 Å². The molecule has 0 aromatic heterocycles. The van der Waals surface area contributed by atoms with Crippen molar-refractivity contribution in [3.8, 4) is 0 Å². The molecule has 0 saturated carbocycles. The van der Waals surface area contributed by atoms with Crippen molar-refractivity contribution in [2.24, 2.45) is 0 Å². The van der Waals surface area contributed by atoms with Gasteiger partial charge in [-0.25, -0.2) is 0 Å². The van der Waals surface area contributed by atoms with Gasteiger partial charge in [0, 0.05) is 20.0 Å². The molecule has 4 unspecified atom stereocenters. The second-order valence-electron chi connectivity index (χ2n) is 8.53. The zero-order valence-corrected chi connectivity index (χ0v) is 16.8. The number of likely N-dealkylation sites (tertiary alicyclic amines) is 1. The highest BCUT2D eigenvalue weighted by atomic mass is 16.6. The number of carbonyl (C=O) groups is 2. The average molecular weight is 374 g/mol. The van der Waals surface area contributed by atoms with Crippen LogP contribution in [0.25, 0.3) is 0 Å². The number of nitrogens with one attached hydrogen (secondary N) is 1. The quantitative estimate of drug-likeness (QED) is 0.816. The van der Waals surface area contributed by atoms with Crippen LogP contribution in [0, 0.1) is 0 Å². The van der Waals surface area contributed by atoms with E-state index in [1.165, 1.54) is 6.92 Å². The number of fused-ring (bicyclic) bond motifs is 1. The number of carbonyl (C=O) groups excluding carboxylic acids is 2. The summed E-state index contributed by atoms with van der Waals surface area (Å²) in [6.45, 7) is 10.6. The Kier molecular flexibility index (Phi) is 5.43. The second kappa shape index (κ2) is 7.34. The molecule has 2 aliphatic rings. The van der Waals surface area contributed by atoms with Gasteiger partial charge in [-0.15, -0.1) is 0 Å². The molecule has 2 heterocycles. The van der Waals surface area contributed by atoms with Crippen molar-refractivity contribution in [3.05, 3.63) is 35.9 Å². The van der Waals surface area contributed by atoms with Crippen LogP contribution in [-0.4, -0.2) is 59.1 Å². The molecule has 2 fully saturated rings. The first-order valence-electron chi connectivity index (χ1n) is 9.50. The molecule has 1 amide bonds. The summed E-state index contributed by atoms with van der Waals surface area (Å²) in [7, 11) is 0. The van der Waals surface area contributed by atoms with E-state index in [-0.39, 0.29) is 18.1 Å². The second-order valence-corrected chi connectivity index (χ2v) is 8.53. The van der Waals surface area contributed by atoms with Crippen molar-refractivity contribution >= 4 is 12.2 Å². The van der Waals surface area contributed by atoms with Crippen LogP contribution in [0.5, 0.6) is 0 Å². The fourth-order valence-electron chi connectivity index (χ4n) is 3.90. The van der Waals surface area contributed by atoms with Gasteiger partial charge in [0.05, 0.1) is 23.3 Å². The first-order valence-corrected chi connectivity index (χ1v) is 9.50. The van der Waals surface area contributed by atoms with E-state index in [1.807, 2.05) is 58.0 Å². The first kappa shape index (κ1) is 20.0. The number of benzene rings is 1. The van der Waals surface area contributed by atoms with E-state index in [9.17, 15) is 9.59 Å². The van der Waals surface area contributed by atoms with Crippen molar-refractivity contribution in [2.45, 2.75) is 76.7 Å². The molecule has 148 valence electrons. The molecule has 6 nitrogen and oxygen atoms in total. The maximum absolute atomic E-state index is 12.1. The lowest BCUT2D eigenvalue weighted by Crippen LogP contribution is -2.74. The first-order chi connectivity index (χ1) is 12.6. The third-order valence-corrected chi connectivity index (χ3v) is 5.98. The highest BCUT2D eigenvalue weighted by Crippen LogP contribution is 2.41. The van der Waals surface area contributed by atoms with Crippen LogP contribution in [0.3, 0.4) is 0 Å². The van der Waals surface area contributed by atoms with Crippen molar-refractivity contribution in [1.82, 2.24) is 10.2 Å². The summed E-state index contributed by atoms with van der Waals surface area (Å²) >= 11 is 0. The molecule has 1 aromatic rings. The fraction of sp³-hybridized carbons (Fsp3) is 0.619. The number of hydrogen-bond acceptors (Lipinski definition) is 5. The summed E-state index contributed by atoms with van der Waals surface area (Å²) in [5.41, 5.74) is 0.00647. The van der Waals surface area contributed by atoms with Crippen LogP contribution >= 0.6 is 0 Å². The highest BCUT2D eigenvalue weighted by molar-refractivity contribution is 5.73. The number of nitrogens with zero attached hydrogens (tertiary/aromatic N) is 1. The van der Waals surface area contributed by atoms with Gasteiger partial charge in [-0.05, 0) is 33.3 Å². The summed E-state index contributed by atoms with van der Waals surface area (Å²) in [4.78, 5) is 25.9. The van der Waals surface area contributed by atoms with E-state index in [0.717, 1.165) is 11.8 Å². The third kappa shape index (κ3) is 3.93. The Balaban J connectivity index is 1.92. The molecule has 27 heavy (non-hydrogen) atoms. The lowest BCUT2D eigenvalue weighted by Gasteiger charge is -2.58. The SMILES string of the molecule is CC(=O)NC1CN(Cc2ccccc2)C(C=O)C2OC(C)(C)C(C)(C)OC12. The van der Waals surface area contributed by atoms with Gasteiger partial charge in [0.1, 0.15) is 18.5 Å². The Morgan fingerprint density at radius 1 is 1.15 bits per heavy atom. The van der Waals surface area contributed by atoms with Crippen molar-refractivity contribution in [2.75, 3.05) is 6.54 Å². The molecule has 2 aliphatic heterocycles. The third-order valence-electron chi connectivity index (χ3n) is 5.98. The minimum atomic E-state index is -0.564. The standard InChI is InChI=1S/C21H30N2O4/c1-14(25)22-16-12-23(11-15-9-7-6-8-10-15)17(13-24)19-18(16)26-20(2,3)21(4,5)27-19/h6-10,13,16-19H,11-12H2,1-5H3,(H,22,25). The number of hydrogen-bond donors (Lipinski definition) is 1. The lowest BCUT2D eigenvalue weighted by atomic mass is 9.82. The monoisotopic (exact) mass is 374 g/mol. The average Bonchev–Trinajstić information content (AvgIpc) is 2.57. The van der Waals surface area contributed by atoms with Crippen LogP contribution in [0.15, 0.2) is 30.3 Å². The molecule has 0 radical (unpaired) electrons. The van der Waals surface area contributed by atoms with Crippen molar-refractivity contribution in [3.63, 3.8) is 0 Å². The number of aldehydes is 1. The number of ether oxygens (including phenoxy) is 2. The Morgan fingerprint density at radius 2 is 1.74 bits per heavy atom. The van der Waals surface area contributed by atoms with Gasteiger partial charge in [0.25, 0.3) is 0 Å². The van der Waals surface area contributed by atoms with Crippen LogP contribution in [-0.2, 0) is 25.6 Å². The lowest BCUT2D eigenvalue weighted by molar-refractivity contribution is -0.316. The molecule has 1 N–H and O–H groups in total. The number of amides is 1. The van der Waals surface area contributed by atoms with E-state index in [0.29, 0.717) is 13.1 Å². The zero-order chi connectivity index (χ0) is 19.8. The Bertz CT molecular complexity index is 689. The predicted octanol–water partition coefficient (Wildman–Crippen LogP) is 1.92. The molecule has 3 rings (SSSR count).